The Labute approximate surface area is 291 Å². The fourth-order valence-corrected chi connectivity index (χ4v) is 5.59. The van der Waals surface area contributed by atoms with E-state index in [1.54, 1.807) is 0 Å². The maximum Gasteiger partial charge on any atom is 0.371 e. The molecule has 0 radical (unpaired) electrons. The Morgan fingerprint density at radius 2 is 1.15 bits per heavy atom. The summed E-state index contributed by atoms with van der Waals surface area (Å²) in [6, 6.07) is -1.62. The van der Waals surface area contributed by atoms with E-state index in [-0.39, 0.29) is 0 Å². The van der Waals surface area contributed by atoms with Crippen molar-refractivity contribution < 1.29 is 119 Å². The average Bonchev–Trinajstić information content (AvgIpc) is 3.09. The van der Waals surface area contributed by atoms with Gasteiger partial charge in [-0.05, 0) is 6.08 Å². The predicted molar refractivity (Wildman–Crippen MR) is 153 cm³/mol. The van der Waals surface area contributed by atoms with Gasteiger partial charge in [0.2, 0.25) is 12.0 Å². The highest BCUT2D eigenvalue weighted by Crippen LogP contribution is 2.34. The van der Waals surface area contributed by atoms with Crippen LogP contribution in [0.25, 0.3) is 0 Å². The Morgan fingerprint density at radius 3 is 1.62 bits per heavy atom. The molecule has 25 nitrogen and oxygen atoms in total. The van der Waals surface area contributed by atoms with E-state index in [1.807, 2.05) is 0 Å². The molecule has 4 heterocycles. The number of aliphatic hydroxyl groups excluding tert-OH is 10. The highest BCUT2D eigenvalue weighted by molar-refractivity contribution is 5.84. The first-order valence-electron chi connectivity index (χ1n) is 15.4. The zero-order valence-electron chi connectivity index (χ0n) is 26.6. The van der Waals surface area contributed by atoms with Crippen molar-refractivity contribution in [3.8, 4) is 0 Å². The smallest absolute Gasteiger partial charge is 0.371 e. The minimum absolute atomic E-state index is 0.651. The second-order valence-electron chi connectivity index (χ2n) is 12.0. The molecule has 15 N–H and O–H groups in total. The van der Waals surface area contributed by atoms with Crippen molar-refractivity contribution in [3.05, 3.63) is 11.8 Å². The molecule has 52 heavy (non-hydrogen) atoms. The van der Waals surface area contributed by atoms with Crippen molar-refractivity contribution in [2.45, 2.75) is 117 Å². The quantitative estimate of drug-likeness (QED) is 0.0781. The van der Waals surface area contributed by atoms with Gasteiger partial charge in [0.25, 0.3) is 0 Å². The number of hydrogen-bond acceptors (Lipinski definition) is 22. The summed E-state index contributed by atoms with van der Waals surface area (Å²) >= 11 is 0. The van der Waals surface area contributed by atoms with Crippen molar-refractivity contribution in [1.29, 1.82) is 0 Å². The summed E-state index contributed by atoms with van der Waals surface area (Å²) in [6.07, 6.45) is -35.6. The highest BCUT2D eigenvalue weighted by atomic mass is 16.8. The lowest BCUT2D eigenvalue weighted by molar-refractivity contribution is -0.383. The zero-order valence-corrected chi connectivity index (χ0v) is 26.6. The predicted octanol–water partition coefficient (Wildman–Crippen LogP) is -8.97. The normalized spacial score (nSPS) is 44.6. The van der Waals surface area contributed by atoms with E-state index >= 15 is 0 Å². The summed E-state index contributed by atoms with van der Waals surface area (Å²) in [7, 11) is 0. The summed E-state index contributed by atoms with van der Waals surface area (Å²) < 4.78 is 42.4. The van der Waals surface area contributed by atoms with Gasteiger partial charge in [-0.3, -0.25) is 4.79 Å². The Bertz CT molecular complexity index is 1270. The molecule has 0 spiro atoms. The van der Waals surface area contributed by atoms with Crippen LogP contribution < -0.4 is 5.73 Å². The van der Waals surface area contributed by atoms with Crippen LogP contribution in [0, 0.1) is 0 Å². The van der Waals surface area contributed by atoms with Gasteiger partial charge in [0, 0.05) is 0 Å². The number of aliphatic hydroxyl groups is 10. The first-order valence-corrected chi connectivity index (χ1v) is 15.4. The van der Waals surface area contributed by atoms with Gasteiger partial charge in [-0.15, -0.1) is 0 Å². The second-order valence-corrected chi connectivity index (χ2v) is 12.0. The van der Waals surface area contributed by atoms with Crippen LogP contribution in [0.3, 0.4) is 0 Å². The summed E-state index contributed by atoms with van der Waals surface area (Å²) in [5.41, 5.74) is 5.33. The van der Waals surface area contributed by atoms with E-state index in [1.165, 1.54) is 0 Å². The molecule has 8 unspecified atom stereocenters. The molecule has 25 heteroatoms. The SMILES string of the molecule is NC(CO[C@@H]1OC(C(=O)O)[C@@H](O[C@@H]2OC(CO)[C@H](O)[C@H](O[C@@H]3OC(CO)[C@H](O)[C@H](O[C@@H]4OC(C(=O)O)=C[C@@H](O)C4O)C3O)C2O)[C@@H](O)C1O)C(=O)O. The molecule has 0 aliphatic carbocycles. The first kappa shape index (κ1) is 42.0. The van der Waals surface area contributed by atoms with E-state index < -0.39 is 160 Å². The Hall–Kier alpha value is -2.77. The van der Waals surface area contributed by atoms with Crippen LogP contribution in [0.1, 0.15) is 0 Å². The third-order valence-electron chi connectivity index (χ3n) is 8.47. The number of ether oxygens (including phenoxy) is 8. The third-order valence-corrected chi connectivity index (χ3v) is 8.47. The Morgan fingerprint density at radius 1 is 0.654 bits per heavy atom. The van der Waals surface area contributed by atoms with Crippen molar-refractivity contribution >= 4 is 17.9 Å². The minimum atomic E-state index is -2.23. The summed E-state index contributed by atoms with van der Waals surface area (Å²) in [6.45, 7) is -2.79. The van der Waals surface area contributed by atoms with Gasteiger partial charge in [-0.2, -0.15) is 0 Å². The monoisotopic (exact) mass is 763 g/mol. The highest BCUT2D eigenvalue weighted by Gasteiger charge is 2.56. The molecule has 3 saturated heterocycles. The van der Waals surface area contributed by atoms with Gasteiger partial charge in [-0.1, -0.05) is 0 Å². The lowest BCUT2D eigenvalue weighted by atomic mass is 9.95. The Kier molecular flexibility index (Phi) is 14.2. The lowest BCUT2D eigenvalue weighted by Crippen LogP contribution is -2.67. The first-order chi connectivity index (χ1) is 24.4. The van der Waals surface area contributed by atoms with Crippen LogP contribution in [-0.2, 0) is 52.3 Å². The number of carboxylic acids is 3. The summed E-state index contributed by atoms with van der Waals surface area (Å²) in [5.74, 6) is -5.86. The minimum Gasteiger partial charge on any atom is -0.480 e. The standard InChI is InChI=1S/C27H41NO24/c28-5(21(39)40)4-45-24-14(36)13(35)19(20(52-24)23(43)44)51-27-16(38)18(12(34)9(3-30)48-27)50-26-15(37)17(11(33)8(2-29)47-26)49-25-10(32)6(31)1-7(46-25)22(41)42/h1,5-6,8-20,24-27,29-38H,2-4,28H2,(H,39,40)(H,41,42)(H,43,44)/t5?,6-,8?,9?,10?,11+,12+,13+,14?,15?,16?,17+,18+,19+,20?,24-,25+,26+,27+/m1/s1. The van der Waals surface area contributed by atoms with Crippen molar-refractivity contribution in [2.24, 2.45) is 5.73 Å². The number of aliphatic carboxylic acids is 3. The molecule has 0 aromatic carbocycles. The third kappa shape index (κ3) is 8.94. The van der Waals surface area contributed by atoms with Crippen molar-refractivity contribution in [2.75, 3.05) is 19.8 Å². The molecule has 4 rings (SSSR count). The van der Waals surface area contributed by atoms with Gasteiger partial charge >= 0.3 is 17.9 Å². The zero-order chi connectivity index (χ0) is 38.8. The van der Waals surface area contributed by atoms with Gasteiger partial charge < -0.3 is 110 Å². The molecule has 3 fully saturated rings. The van der Waals surface area contributed by atoms with Crippen LogP contribution in [0.15, 0.2) is 11.8 Å². The van der Waals surface area contributed by atoms with Crippen LogP contribution in [0.4, 0.5) is 0 Å². The second kappa shape index (κ2) is 17.6. The molecule has 0 saturated carbocycles. The van der Waals surface area contributed by atoms with Crippen LogP contribution in [0.2, 0.25) is 0 Å². The van der Waals surface area contributed by atoms with Crippen LogP contribution in [0.5, 0.6) is 0 Å². The van der Waals surface area contributed by atoms with Gasteiger partial charge in [0.15, 0.2) is 25.0 Å². The lowest BCUT2D eigenvalue weighted by Gasteiger charge is -2.48. The van der Waals surface area contributed by atoms with Crippen LogP contribution >= 0.6 is 0 Å². The average molecular weight is 764 g/mol. The summed E-state index contributed by atoms with van der Waals surface area (Å²) in [4.78, 5) is 34.4. The molecule has 4 aliphatic rings. The number of hydrogen-bond donors (Lipinski definition) is 14. The number of carbonyl (C=O) groups is 3. The maximum atomic E-state index is 12.1. The van der Waals surface area contributed by atoms with Gasteiger partial charge in [0.05, 0.1) is 19.8 Å². The molecular weight excluding hydrogens is 722 g/mol. The van der Waals surface area contributed by atoms with E-state index in [9.17, 15) is 75.7 Å². The van der Waals surface area contributed by atoms with E-state index in [0.29, 0.717) is 6.08 Å². The van der Waals surface area contributed by atoms with Crippen molar-refractivity contribution in [3.63, 3.8) is 0 Å². The molecular formula is C27H41NO24. The van der Waals surface area contributed by atoms with Crippen molar-refractivity contribution in [1.82, 2.24) is 0 Å². The molecule has 4 aliphatic heterocycles. The number of rotatable bonds is 14. The molecule has 0 aromatic rings. The topological polar surface area (TPSA) is 414 Å². The van der Waals surface area contributed by atoms with Crippen LogP contribution in [-0.4, -0.2) is 221 Å². The van der Waals surface area contributed by atoms with Gasteiger partial charge in [-0.25, -0.2) is 9.59 Å². The van der Waals surface area contributed by atoms with E-state index in [2.05, 4.69) is 0 Å². The molecule has 19 atom stereocenters. The molecule has 298 valence electrons. The fourth-order valence-electron chi connectivity index (χ4n) is 5.59. The number of nitrogens with two attached hydrogens (primary N) is 1. The molecule has 0 bridgehead atoms. The maximum absolute atomic E-state index is 12.1. The van der Waals surface area contributed by atoms with E-state index in [0.717, 1.165) is 0 Å². The van der Waals surface area contributed by atoms with E-state index in [4.69, 9.17) is 48.7 Å². The molecule has 0 amide bonds. The fraction of sp³-hybridized carbons (Fsp3) is 0.815. The van der Waals surface area contributed by atoms with Gasteiger partial charge in [0.1, 0.15) is 85.4 Å². The molecule has 0 aromatic heterocycles. The summed E-state index contributed by atoms with van der Waals surface area (Å²) in [5, 5.41) is 133. The largest absolute Gasteiger partial charge is 0.480 e. The Balaban J connectivity index is 1.53. The number of carboxylic acid groups (broad SMARTS) is 3.